The number of halogens is 6. The maximum atomic E-state index is 16.9. The van der Waals surface area contributed by atoms with Crippen LogP contribution in [0.4, 0.5) is 26.3 Å². The summed E-state index contributed by atoms with van der Waals surface area (Å²) in [6.07, 6.45) is -9.93. The molecule has 0 saturated heterocycles. The largest absolute Gasteiger partial charge is 0.417 e. The second-order valence-corrected chi connectivity index (χ2v) is 24.8. The van der Waals surface area contributed by atoms with E-state index >= 15 is 26.3 Å². The van der Waals surface area contributed by atoms with E-state index in [1.54, 1.807) is 12.1 Å². The van der Waals surface area contributed by atoms with Crippen molar-refractivity contribution in [2.24, 2.45) is 0 Å². The molecule has 0 unspecified atom stereocenters. The molecule has 94 heavy (non-hydrogen) atoms. The Hall–Kier alpha value is -11.6. The third kappa shape index (κ3) is 7.84. The molecular formula is C83H53F6N5. The van der Waals surface area contributed by atoms with Gasteiger partial charge in [-0.05, 0) is 122 Å². The fraction of sp³-hybridized carbons (Fsp3) is 0.0602. The maximum Gasteiger partial charge on any atom is 0.417 e. The normalized spacial score (nSPS) is 12.7. The quantitative estimate of drug-likeness (QED) is 0.136. The number of aromatic nitrogens is 5. The van der Waals surface area contributed by atoms with E-state index in [1.165, 1.54) is 24.3 Å². The standard InChI is InChI=1S/C83H53F6N5/c1-81(2,94-68-43-23-13-29-52(68)53-30-14-24-44-69(53)94)78-74(58-33-9-17-37-62(58)82(84,85)86)72(92-64-39-19-11-31-54(64)56-45-47-70-76(79(56)92)60-35-15-21-41-66(60)90(70)50-25-5-3-6-26-50)49-73(75(78)59-34-10-18-38-63(59)83(87,88)89)93-65-40-20-12-32-55(65)57-46-48-71-77(80(57)93)61-36-16-22-42-67(61)91(71)51-27-7-4-8-28-51/h3-49H,1-2H3. The molecule has 5 nitrogen and oxygen atoms in total. The lowest BCUT2D eigenvalue weighted by Gasteiger charge is -2.37. The Morgan fingerprint density at radius 2 is 0.574 bits per heavy atom. The lowest BCUT2D eigenvalue weighted by atomic mass is 9.77. The van der Waals surface area contributed by atoms with Crippen molar-refractivity contribution in [1.82, 2.24) is 22.8 Å². The van der Waals surface area contributed by atoms with Crippen LogP contribution in [0.15, 0.2) is 285 Å². The van der Waals surface area contributed by atoms with Gasteiger partial charge < -0.3 is 22.8 Å². The first-order chi connectivity index (χ1) is 45.8. The molecule has 0 aliphatic carbocycles. The van der Waals surface area contributed by atoms with Crippen LogP contribution in [-0.2, 0) is 17.9 Å². The molecule has 0 bridgehead atoms. The summed E-state index contributed by atoms with van der Waals surface area (Å²) in [5, 5.41) is 8.54. The van der Waals surface area contributed by atoms with Crippen molar-refractivity contribution in [2.75, 3.05) is 0 Å². The molecule has 0 saturated carbocycles. The summed E-state index contributed by atoms with van der Waals surface area (Å²) in [5.74, 6) is 0. The average molecular weight is 1230 g/mol. The van der Waals surface area contributed by atoms with Gasteiger partial charge in [0.2, 0.25) is 0 Å². The SMILES string of the molecule is CC(C)(c1c(-c2ccccc2C(F)(F)F)c(-n2c3ccccc3c3ccc4c(c5ccccc5n4-c4ccccc4)c32)cc(-n2c3ccccc3c3ccc4c(c5ccccc5n4-c4ccccc4)c32)c1-c1ccccc1C(F)(F)F)n1c2ccccc2c2ccccc21. The molecule has 0 radical (unpaired) electrons. The van der Waals surface area contributed by atoms with E-state index in [1.807, 2.05) is 178 Å². The van der Waals surface area contributed by atoms with Crippen LogP contribution < -0.4 is 0 Å². The van der Waals surface area contributed by atoms with Crippen LogP contribution in [0.3, 0.4) is 0 Å². The topological polar surface area (TPSA) is 24.6 Å². The first kappa shape index (κ1) is 55.3. The van der Waals surface area contributed by atoms with Crippen molar-refractivity contribution in [3.63, 3.8) is 0 Å². The molecule has 11 heteroatoms. The second-order valence-electron chi connectivity index (χ2n) is 24.8. The predicted octanol–water partition coefficient (Wildman–Crippen LogP) is 23.3. The van der Waals surface area contributed by atoms with Gasteiger partial charge in [-0.2, -0.15) is 26.3 Å². The summed E-state index contributed by atoms with van der Waals surface area (Å²) in [5.41, 5.74) is 6.83. The van der Waals surface area contributed by atoms with E-state index in [-0.39, 0.29) is 27.8 Å². The van der Waals surface area contributed by atoms with Gasteiger partial charge in [-0.25, -0.2) is 0 Å². The molecule has 0 spiro atoms. The first-order valence-corrected chi connectivity index (χ1v) is 31.3. The van der Waals surface area contributed by atoms with Crippen molar-refractivity contribution in [1.29, 1.82) is 0 Å². The molecule has 13 aromatic carbocycles. The van der Waals surface area contributed by atoms with Gasteiger partial charge in [0.1, 0.15) is 0 Å². The molecular weight excluding hydrogens is 1180 g/mol. The van der Waals surface area contributed by atoms with E-state index in [9.17, 15) is 0 Å². The summed E-state index contributed by atoms with van der Waals surface area (Å²) in [7, 11) is 0. The zero-order chi connectivity index (χ0) is 63.5. The Morgan fingerprint density at radius 3 is 0.957 bits per heavy atom. The fourth-order valence-electron chi connectivity index (χ4n) is 15.9. The highest BCUT2D eigenvalue weighted by Gasteiger charge is 2.43. The molecule has 5 heterocycles. The molecule has 0 N–H and O–H groups in total. The van der Waals surface area contributed by atoms with Gasteiger partial charge in [-0.1, -0.05) is 194 Å². The van der Waals surface area contributed by atoms with Crippen molar-refractivity contribution in [3.8, 4) is 45.0 Å². The molecule has 0 atom stereocenters. The number of fused-ring (bicyclic) bond motifs is 17. The minimum atomic E-state index is -4.96. The van der Waals surface area contributed by atoms with Gasteiger partial charge in [0.05, 0.1) is 72.2 Å². The van der Waals surface area contributed by atoms with Crippen LogP contribution >= 0.6 is 0 Å². The van der Waals surface area contributed by atoms with Crippen LogP contribution in [0.1, 0.15) is 30.5 Å². The van der Waals surface area contributed by atoms with Gasteiger partial charge in [-0.15, -0.1) is 0 Å². The summed E-state index contributed by atoms with van der Waals surface area (Å²) in [4.78, 5) is 0. The minimum Gasteiger partial charge on any atom is -0.331 e. The Balaban J connectivity index is 1.16. The van der Waals surface area contributed by atoms with Crippen LogP contribution in [0.5, 0.6) is 0 Å². The monoisotopic (exact) mass is 1230 g/mol. The van der Waals surface area contributed by atoms with Gasteiger partial charge >= 0.3 is 12.4 Å². The van der Waals surface area contributed by atoms with E-state index in [4.69, 9.17) is 0 Å². The van der Waals surface area contributed by atoms with Crippen LogP contribution in [0.25, 0.3) is 154 Å². The van der Waals surface area contributed by atoms with Gasteiger partial charge in [0.15, 0.2) is 0 Å². The molecule has 18 rings (SSSR count). The van der Waals surface area contributed by atoms with Gasteiger partial charge in [0, 0.05) is 87.4 Å². The van der Waals surface area contributed by atoms with Crippen LogP contribution in [0, 0.1) is 0 Å². The highest BCUT2D eigenvalue weighted by atomic mass is 19.4. The average Bonchev–Trinajstić information content (AvgIpc) is 1.40. The molecule has 18 aromatic rings. The smallest absolute Gasteiger partial charge is 0.331 e. The minimum absolute atomic E-state index is 0.105. The van der Waals surface area contributed by atoms with Crippen LogP contribution in [0.2, 0.25) is 0 Å². The summed E-state index contributed by atoms with van der Waals surface area (Å²) in [6.45, 7) is 3.92. The number of benzene rings is 13. The third-order valence-corrected chi connectivity index (χ3v) is 19.5. The maximum absolute atomic E-state index is 16.9. The van der Waals surface area contributed by atoms with Gasteiger partial charge in [0.25, 0.3) is 0 Å². The Morgan fingerprint density at radius 1 is 0.266 bits per heavy atom. The number of alkyl halides is 6. The van der Waals surface area contributed by atoms with E-state index in [0.29, 0.717) is 33.4 Å². The van der Waals surface area contributed by atoms with Crippen molar-refractivity contribution in [3.05, 3.63) is 302 Å². The van der Waals surface area contributed by atoms with Crippen molar-refractivity contribution in [2.45, 2.75) is 31.7 Å². The van der Waals surface area contributed by atoms with Gasteiger partial charge in [-0.3, -0.25) is 0 Å². The second kappa shape index (κ2) is 20.2. The van der Waals surface area contributed by atoms with E-state index in [2.05, 4.69) is 95.6 Å². The lowest BCUT2D eigenvalue weighted by Crippen LogP contribution is -2.31. The zero-order valence-electron chi connectivity index (χ0n) is 50.6. The third-order valence-electron chi connectivity index (χ3n) is 19.5. The molecule has 5 aromatic heterocycles. The summed E-state index contributed by atoms with van der Waals surface area (Å²) in [6, 6.07) is 89.8. The number of hydrogen-bond acceptors (Lipinski definition) is 0. The zero-order valence-corrected chi connectivity index (χ0v) is 50.6. The molecule has 0 amide bonds. The Kier molecular flexibility index (Phi) is 11.9. The molecule has 0 aliphatic rings. The molecule has 0 fully saturated rings. The summed E-state index contributed by atoms with van der Waals surface area (Å²) >= 11 is 0. The number of rotatable bonds is 8. The van der Waals surface area contributed by atoms with Crippen molar-refractivity contribution < 1.29 is 26.3 Å². The number of hydrogen-bond donors (Lipinski definition) is 0. The molecule has 0 aliphatic heterocycles. The van der Waals surface area contributed by atoms with Crippen molar-refractivity contribution >= 4 is 109 Å². The van der Waals surface area contributed by atoms with E-state index < -0.39 is 29.0 Å². The Labute approximate surface area is 534 Å². The molecule has 452 valence electrons. The predicted molar refractivity (Wildman–Crippen MR) is 373 cm³/mol. The first-order valence-electron chi connectivity index (χ1n) is 31.3. The fourth-order valence-corrected chi connectivity index (χ4v) is 15.9. The number of para-hydroxylation sites is 8. The highest BCUT2D eigenvalue weighted by Crippen LogP contribution is 2.56. The number of nitrogens with zero attached hydrogens (tertiary/aromatic N) is 5. The van der Waals surface area contributed by atoms with Crippen LogP contribution in [-0.4, -0.2) is 22.8 Å². The Bertz CT molecular complexity index is 5810. The highest BCUT2D eigenvalue weighted by molar-refractivity contribution is 6.28. The van der Waals surface area contributed by atoms with E-state index in [0.717, 1.165) is 110 Å². The summed E-state index contributed by atoms with van der Waals surface area (Å²) < 4.78 is 112. The lowest BCUT2D eigenvalue weighted by molar-refractivity contribution is -0.137.